The number of nitriles is 1. The summed E-state index contributed by atoms with van der Waals surface area (Å²) < 4.78 is 12.0. The molecule has 0 amide bonds. The van der Waals surface area contributed by atoms with Crippen LogP contribution in [0.15, 0.2) is 12.3 Å². The molecule has 0 unspecified atom stereocenters. The molecule has 1 aromatic rings. The van der Waals surface area contributed by atoms with Gasteiger partial charge in [0, 0.05) is 18.1 Å². The molecule has 0 N–H and O–H groups in total. The Morgan fingerprint density at radius 2 is 1.90 bits per heavy atom. The van der Waals surface area contributed by atoms with Crippen LogP contribution in [0.2, 0.25) is 0 Å². The van der Waals surface area contributed by atoms with Gasteiger partial charge in [-0.15, -0.1) is 12.3 Å². The number of aromatic nitrogens is 1. The second-order valence-electron chi connectivity index (χ2n) is 5.85. The zero-order valence-electron chi connectivity index (χ0n) is 12.2. The predicted octanol–water partition coefficient (Wildman–Crippen LogP) is 1.43. The highest BCUT2D eigenvalue weighted by Crippen LogP contribution is 2.36. The van der Waals surface area contributed by atoms with Gasteiger partial charge in [-0.25, -0.2) is 4.98 Å². The Hall–Kier alpha value is -1.82. The number of rotatable bonds is 2. The van der Waals surface area contributed by atoms with Crippen molar-refractivity contribution < 1.29 is 9.31 Å². The summed E-state index contributed by atoms with van der Waals surface area (Å²) in [7, 11) is -0.511. The lowest BCUT2D eigenvalue weighted by atomic mass is 9.76. The largest absolute Gasteiger partial charge is 0.496 e. The summed E-state index contributed by atoms with van der Waals surface area (Å²) >= 11 is 0. The molecule has 0 radical (unpaired) electrons. The Kier molecular flexibility index (Phi) is 3.60. The molecular formula is C15H17BN2O2. The molecule has 20 heavy (non-hydrogen) atoms. The molecule has 0 aliphatic carbocycles. The van der Waals surface area contributed by atoms with Gasteiger partial charge in [0.25, 0.3) is 0 Å². The summed E-state index contributed by atoms with van der Waals surface area (Å²) in [5, 5.41) is 8.93. The van der Waals surface area contributed by atoms with E-state index >= 15 is 0 Å². The van der Waals surface area contributed by atoms with Gasteiger partial charge in [-0.05, 0) is 39.3 Å². The second kappa shape index (κ2) is 4.94. The minimum absolute atomic E-state index is 0.343. The number of hydrogen-bond donors (Lipinski definition) is 0. The first-order valence-electron chi connectivity index (χ1n) is 6.49. The first kappa shape index (κ1) is 14.6. The topological polar surface area (TPSA) is 55.1 Å². The molecule has 0 aromatic carbocycles. The molecule has 0 spiro atoms. The highest BCUT2D eigenvalue weighted by atomic mass is 16.7. The summed E-state index contributed by atoms with van der Waals surface area (Å²) in [6.07, 6.45) is 7.42. The molecule has 1 aliphatic heterocycles. The maximum absolute atomic E-state index is 8.93. The Morgan fingerprint density at radius 3 is 2.40 bits per heavy atom. The Bertz CT molecular complexity index is 595. The highest BCUT2D eigenvalue weighted by Gasteiger charge is 2.52. The van der Waals surface area contributed by atoms with Gasteiger partial charge in [0.2, 0.25) is 0 Å². The van der Waals surface area contributed by atoms with Gasteiger partial charge in [0.1, 0.15) is 11.8 Å². The van der Waals surface area contributed by atoms with Crippen molar-refractivity contribution in [3.8, 4) is 18.4 Å². The number of pyridine rings is 1. The second-order valence-corrected chi connectivity index (χ2v) is 5.85. The molecule has 5 heteroatoms. The Balaban J connectivity index is 2.40. The van der Waals surface area contributed by atoms with Crippen LogP contribution in [-0.2, 0) is 15.7 Å². The first-order valence-corrected chi connectivity index (χ1v) is 6.49. The average molecular weight is 268 g/mol. The van der Waals surface area contributed by atoms with E-state index in [0.29, 0.717) is 12.1 Å². The molecule has 0 atom stereocenters. The number of terminal acetylenes is 1. The van der Waals surface area contributed by atoms with Crippen LogP contribution < -0.4 is 5.46 Å². The van der Waals surface area contributed by atoms with Gasteiger partial charge in [0.15, 0.2) is 0 Å². The maximum atomic E-state index is 8.93. The molecule has 1 fully saturated rings. The third-order valence-electron chi connectivity index (χ3n) is 3.94. The minimum atomic E-state index is -0.511. The van der Waals surface area contributed by atoms with E-state index < -0.39 is 18.3 Å². The molecule has 102 valence electrons. The summed E-state index contributed by atoms with van der Waals surface area (Å²) in [4.78, 5) is 4.09. The third kappa shape index (κ3) is 2.43. The van der Waals surface area contributed by atoms with E-state index in [4.69, 9.17) is 21.0 Å². The van der Waals surface area contributed by atoms with Crippen LogP contribution in [0.1, 0.15) is 39.0 Å². The fourth-order valence-electron chi connectivity index (χ4n) is 2.01. The van der Waals surface area contributed by atoms with Crippen LogP contribution in [0, 0.1) is 23.7 Å². The molecule has 4 nitrogen and oxygen atoms in total. The van der Waals surface area contributed by atoms with E-state index in [1.54, 1.807) is 12.3 Å². The standard InChI is InChI=1S/C15H17BN2O2/c1-6-7-11-8-12(9-17)18-10-13(11)16-19-14(2,3)15(4,5)20-16/h1,8,10H,7H2,2-5H3. The van der Waals surface area contributed by atoms with E-state index in [-0.39, 0.29) is 0 Å². The van der Waals surface area contributed by atoms with Gasteiger partial charge in [-0.1, -0.05) is 0 Å². The summed E-state index contributed by atoms with van der Waals surface area (Å²) in [5.41, 5.74) is 1.14. The van der Waals surface area contributed by atoms with Crippen molar-refractivity contribution in [3.05, 3.63) is 23.5 Å². The van der Waals surface area contributed by atoms with Gasteiger partial charge in [-0.3, -0.25) is 0 Å². The summed E-state index contributed by atoms with van der Waals surface area (Å²) in [6, 6.07) is 3.71. The van der Waals surface area contributed by atoms with Gasteiger partial charge in [0.05, 0.1) is 11.2 Å². The summed E-state index contributed by atoms with van der Waals surface area (Å²) in [5.74, 6) is 2.59. The van der Waals surface area contributed by atoms with Crippen LogP contribution in [-0.4, -0.2) is 23.3 Å². The van der Waals surface area contributed by atoms with E-state index in [2.05, 4.69) is 10.9 Å². The number of nitrogens with zero attached hydrogens (tertiary/aromatic N) is 2. The normalized spacial score (nSPS) is 19.4. The van der Waals surface area contributed by atoms with Crippen molar-refractivity contribution in [1.82, 2.24) is 4.98 Å². The van der Waals surface area contributed by atoms with E-state index in [9.17, 15) is 0 Å². The fraction of sp³-hybridized carbons (Fsp3) is 0.467. The molecule has 0 bridgehead atoms. The Labute approximate surface area is 120 Å². The number of hydrogen-bond acceptors (Lipinski definition) is 4. The van der Waals surface area contributed by atoms with Crippen LogP contribution in [0.3, 0.4) is 0 Å². The van der Waals surface area contributed by atoms with Gasteiger partial charge >= 0.3 is 7.12 Å². The molecule has 1 aliphatic rings. The molecule has 1 saturated heterocycles. The Morgan fingerprint density at radius 1 is 1.30 bits per heavy atom. The first-order chi connectivity index (χ1) is 9.30. The monoisotopic (exact) mass is 268 g/mol. The van der Waals surface area contributed by atoms with Crippen molar-refractivity contribution >= 4 is 12.6 Å². The zero-order chi connectivity index (χ0) is 15.0. The molecule has 1 aromatic heterocycles. The highest BCUT2D eigenvalue weighted by molar-refractivity contribution is 6.62. The predicted molar refractivity (Wildman–Crippen MR) is 77.2 cm³/mol. The van der Waals surface area contributed by atoms with Gasteiger partial charge < -0.3 is 9.31 Å². The van der Waals surface area contributed by atoms with Crippen LogP contribution >= 0.6 is 0 Å². The van der Waals surface area contributed by atoms with Gasteiger partial charge in [-0.2, -0.15) is 5.26 Å². The minimum Gasteiger partial charge on any atom is -0.399 e. The van der Waals surface area contributed by atoms with E-state index in [0.717, 1.165) is 11.0 Å². The van der Waals surface area contributed by atoms with Crippen molar-refractivity contribution in [1.29, 1.82) is 5.26 Å². The van der Waals surface area contributed by atoms with Crippen molar-refractivity contribution in [3.63, 3.8) is 0 Å². The molecule has 2 heterocycles. The van der Waals surface area contributed by atoms with Crippen molar-refractivity contribution in [2.75, 3.05) is 0 Å². The fourth-order valence-corrected chi connectivity index (χ4v) is 2.01. The lowest BCUT2D eigenvalue weighted by Crippen LogP contribution is -2.41. The van der Waals surface area contributed by atoms with Crippen LogP contribution in [0.4, 0.5) is 0 Å². The maximum Gasteiger partial charge on any atom is 0.496 e. The van der Waals surface area contributed by atoms with Crippen molar-refractivity contribution in [2.24, 2.45) is 0 Å². The van der Waals surface area contributed by atoms with E-state index in [1.165, 1.54) is 0 Å². The smallest absolute Gasteiger partial charge is 0.399 e. The lowest BCUT2D eigenvalue weighted by Gasteiger charge is -2.32. The zero-order valence-corrected chi connectivity index (χ0v) is 12.2. The van der Waals surface area contributed by atoms with Crippen LogP contribution in [0.25, 0.3) is 0 Å². The quantitative estimate of drug-likeness (QED) is 0.601. The molecule has 2 rings (SSSR count). The SMILES string of the molecule is C#CCc1cc(C#N)ncc1B1OC(C)(C)C(C)(C)O1. The third-order valence-corrected chi connectivity index (χ3v) is 3.94. The lowest BCUT2D eigenvalue weighted by molar-refractivity contribution is 0.00578. The van der Waals surface area contributed by atoms with Crippen molar-refractivity contribution in [2.45, 2.75) is 45.3 Å². The average Bonchev–Trinajstić information content (AvgIpc) is 2.58. The van der Waals surface area contributed by atoms with Crippen LogP contribution in [0.5, 0.6) is 0 Å². The van der Waals surface area contributed by atoms with E-state index in [1.807, 2.05) is 33.8 Å². The molecule has 0 saturated carbocycles. The summed E-state index contributed by atoms with van der Waals surface area (Å²) in [6.45, 7) is 7.96. The molecular weight excluding hydrogens is 251 g/mol.